The molecule has 0 bridgehead atoms. The summed E-state index contributed by atoms with van der Waals surface area (Å²) in [7, 11) is 1.62. The number of methoxy groups -OCH3 is 1. The van der Waals surface area contributed by atoms with Crippen molar-refractivity contribution < 1.29 is 14.6 Å². The number of piperazine rings is 1. The van der Waals surface area contributed by atoms with Crippen molar-refractivity contribution in [2.45, 2.75) is 26.9 Å². The van der Waals surface area contributed by atoms with Gasteiger partial charge in [0.15, 0.2) is 0 Å². The molecule has 0 aromatic heterocycles. The summed E-state index contributed by atoms with van der Waals surface area (Å²) in [5.74, 6) is 0.978. The maximum absolute atomic E-state index is 12.0. The SMILES string of the molecule is COc1ccc(C)cc1[C@@H](O)CN1CCN(C(=O)C(C)C)CC1. The van der Waals surface area contributed by atoms with E-state index in [0.717, 1.165) is 43.1 Å². The summed E-state index contributed by atoms with van der Waals surface area (Å²) >= 11 is 0. The first-order valence-electron chi connectivity index (χ1n) is 8.26. The van der Waals surface area contributed by atoms with E-state index in [2.05, 4.69) is 4.90 Å². The molecular formula is C18H28N2O3. The number of hydrogen-bond donors (Lipinski definition) is 1. The van der Waals surface area contributed by atoms with Gasteiger partial charge >= 0.3 is 0 Å². The third kappa shape index (κ3) is 4.45. The number of ether oxygens (including phenoxy) is 1. The Morgan fingerprint density at radius 1 is 1.26 bits per heavy atom. The van der Waals surface area contributed by atoms with E-state index >= 15 is 0 Å². The smallest absolute Gasteiger partial charge is 0.225 e. The van der Waals surface area contributed by atoms with Crippen LogP contribution < -0.4 is 4.74 Å². The van der Waals surface area contributed by atoms with Gasteiger partial charge in [-0.2, -0.15) is 0 Å². The van der Waals surface area contributed by atoms with Crippen LogP contribution in [0.5, 0.6) is 5.75 Å². The van der Waals surface area contributed by atoms with Crippen LogP contribution in [0.25, 0.3) is 0 Å². The lowest BCUT2D eigenvalue weighted by Gasteiger charge is -2.36. The van der Waals surface area contributed by atoms with Crippen molar-refractivity contribution >= 4 is 5.91 Å². The largest absolute Gasteiger partial charge is 0.496 e. The van der Waals surface area contributed by atoms with E-state index in [0.29, 0.717) is 6.54 Å². The summed E-state index contributed by atoms with van der Waals surface area (Å²) in [6, 6.07) is 5.85. The van der Waals surface area contributed by atoms with Gasteiger partial charge in [-0.3, -0.25) is 9.69 Å². The molecule has 0 unspecified atom stereocenters. The molecule has 0 saturated carbocycles. The Labute approximate surface area is 138 Å². The van der Waals surface area contributed by atoms with Crippen molar-refractivity contribution in [2.24, 2.45) is 5.92 Å². The van der Waals surface area contributed by atoms with Gasteiger partial charge in [-0.15, -0.1) is 0 Å². The third-order valence-electron chi connectivity index (χ3n) is 4.35. The van der Waals surface area contributed by atoms with E-state index in [1.165, 1.54) is 0 Å². The van der Waals surface area contributed by atoms with E-state index in [1.807, 2.05) is 43.9 Å². The quantitative estimate of drug-likeness (QED) is 0.899. The number of aryl methyl sites for hydroxylation is 1. The zero-order chi connectivity index (χ0) is 17.0. The number of amides is 1. The van der Waals surface area contributed by atoms with Gasteiger partial charge in [-0.1, -0.05) is 25.5 Å². The monoisotopic (exact) mass is 320 g/mol. The molecular weight excluding hydrogens is 292 g/mol. The molecule has 0 spiro atoms. The Morgan fingerprint density at radius 2 is 1.91 bits per heavy atom. The number of aliphatic hydroxyl groups excluding tert-OH is 1. The van der Waals surface area contributed by atoms with Crippen LogP contribution in [0.3, 0.4) is 0 Å². The second kappa shape index (κ2) is 7.79. The molecule has 1 aliphatic rings. The minimum atomic E-state index is -0.586. The fourth-order valence-electron chi connectivity index (χ4n) is 2.97. The summed E-state index contributed by atoms with van der Waals surface area (Å²) in [4.78, 5) is 16.1. The fourth-order valence-corrected chi connectivity index (χ4v) is 2.97. The molecule has 1 atom stereocenters. The van der Waals surface area contributed by atoms with Crippen molar-refractivity contribution in [3.8, 4) is 5.75 Å². The molecule has 1 heterocycles. The standard InChI is InChI=1S/C18H28N2O3/c1-13(2)18(22)20-9-7-19(8-10-20)12-16(21)15-11-14(3)5-6-17(15)23-4/h5-6,11,13,16,21H,7-10,12H2,1-4H3/t16-/m0/s1. The molecule has 1 saturated heterocycles. The van der Waals surface area contributed by atoms with Gasteiger partial charge < -0.3 is 14.7 Å². The number of carbonyl (C=O) groups excluding carboxylic acids is 1. The number of β-amino-alcohol motifs (C(OH)–C–C–N with tert-alkyl or cyclic N) is 1. The molecule has 1 N–H and O–H groups in total. The third-order valence-corrected chi connectivity index (χ3v) is 4.35. The molecule has 5 heteroatoms. The molecule has 5 nitrogen and oxygen atoms in total. The minimum absolute atomic E-state index is 0.0451. The maximum atomic E-state index is 12.0. The molecule has 1 fully saturated rings. The average Bonchev–Trinajstić information content (AvgIpc) is 2.54. The zero-order valence-corrected chi connectivity index (χ0v) is 14.6. The first kappa shape index (κ1) is 17.8. The predicted octanol–water partition coefficient (Wildman–Crippen LogP) is 1.84. The number of rotatable bonds is 5. The number of benzene rings is 1. The van der Waals surface area contributed by atoms with Crippen molar-refractivity contribution in [2.75, 3.05) is 39.8 Å². The second-order valence-corrected chi connectivity index (χ2v) is 6.54. The number of nitrogens with zero attached hydrogens (tertiary/aromatic N) is 2. The van der Waals surface area contributed by atoms with E-state index < -0.39 is 6.10 Å². The van der Waals surface area contributed by atoms with E-state index in [9.17, 15) is 9.90 Å². The summed E-state index contributed by atoms with van der Waals surface area (Å²) in [6.45, 7) is 9.48. The Bertz CT molecular complexity index is 537. The number of carbonyl (C=O) groups is 1. The lowest BCUT2D eigenvalue weighted by Crippen LogP contribution is -2.50. The molecule has 2 rings (SSSR count). The predicted molar refractivity (Wildman–Crippen MR) is 90.5 cm³/mol. The van der Waals surface area contributed by atoms with Crippen LogP contribution in [0.1, 0.15) is 31.1 Å². The Morgan fingerprint density at radius 3 is 2.48 bits per heavy atom. The van der Waals surface area contributed by atoms with E-state index in [-0.39, 0.29) is 11.8 Å². The highest BCUT2D eigenvalue weighted by atomic mass is 16.5. The van der Waals surface area contributed by atoms with Crippen molar-refractivity contribution in [3.05, 3.63) is 29.3 Å². The lowest BCUT2D eigenvalue weighted by molar-refractivity contribution is -0.136. The molecule has 1 aromatic carbocycles. The van der Waals surface area contributed by atoms with Gasteiger partial charge in [0.25, 0.3) is 0 Å². The average molecular weight is 320 g/mol. The maximum Gasteiger partial charge on any atom is 0.225 e. The molecule has 0 aliphatic carbocycles. The number of aliphatic hydroxyl groups is 1. The molecule has 23 heavy (non-hydrogen) atoms. The van der Waals surface area contributed by atoms with Gasteiger partial charge in [-0.05, 0) is 19.1 Å². The first-order chi connectivity index (χ1) is 10.9. The van der Waals surface area contributed by atoms with Crippen LogP contribution in [-0.4, -0.2) is 60.6 Å². The summed E-state index contributed by atoms with van der Waals surface area (Å²) in [6.07, 6.45) is -0.586. The first-order valence-corrected chi connectivity index (χ1v) is 8.26. The van der Waals surface area contributed by atoms with Crippen LogP contribution in [0.2, 0.25) is 0 Å². The van der Waals surface area contributed by atoms with E-state index in [1.54, 1.807) is 7.11 Å². The Kier molecular flexibility index (Phi) is 6.02. The van der Waals surface area contributed by atoms with Crippen LogP contribution in [0.15, 0.2) is 18.2 Å². The normalized spacial score (nSPS) is 17.4. The van der Waals surface area contributed by atoms with Crippen LogP contribution in [-0.2, 0) is 4.79 Å². The van der Waals surface area contributed by atoms with Crippen LogP contribution in [0.4, 0.5) is 0 Å². The van der Waals surface area contributed by atoms with Crippen molar-refractivity contribution in [1.29, 1.82) is 0 Å². The Balaban J connectivity index is 1.94. The zero-order valence-electron chi connectivity index (χ0n) is 14.6. The van der Waals surface area contributed by atoms with Crippen molar-refractivity contribution in [3.63, 3.8) is 0 Å². The summed E-state index contributed by atoms with van der Waals surface area (Å²) < 4.78 is 5.35. The Hall–Kier alpha value is -1.59. The molecule has 0 radical (unpaired) electrons. The van der Waals surface area contributed by atoms with Crippen LogP contribution in [0, 0.1) is 12.8 Å². The van der Waals surface area contributed by atoms with Crippen LogP contribution >= 0.6 is 0 Å². The molecule has 1 aliphatic heterocycles. The highest BCUT2D eigenvalue weighted by Gasteiger charge is 2.25. The van der Waals surface area contributed by atoms with Gasteiger partial charge in [0, 0.05) is 44.2 Å². The second-order valence-electron chi connectivity index (χ2n) is 6.54. The summed E-state index contributed by atoms with van der Waals surface area (Å²) in [5, 5.41) is 10.6. The van der Waals surface area contributed by atoms with Gasteiger partial charge in [0.05, 0.1) is 13.2 Å². The molecule has 1 aromatic rings. The fraction of sp³-hybridized carbons (Fsp3) is 0.611. The van der Waals surface area contributed by atoms with Gasteiger partial charge in [0.2, 0.25) is 5.91 Å². The topological polar surface area (TPSA) is 53.0 Å². The summed E-state index contributed by atoms with van der Waals surface area (Å²) in [5.41, 5.74) is 1.93. The lowest BCUT2D eigenvalue weighted by atomic mass is 10.0. The van der Waals surface area contributed by atoms with Crippen molar-refractivity contribution in [1.82, 2.24) is 9.80 Å². The number of hydrogen-bond acceptors (Lipinski definition) is 4. The van der Waals surface area contributed by atoms with E-state index in [4.69, 9.17) is 4.74 Å². The highest BCUT2D eigenvalue weighted by Crippen LogP contribution is 2.27. The van der Waals surface area contributed by atoms with Gasteiger partial charge in [0.1, 0.15) is 5.75 Å². The minimum Gasteiger partial charge on any atom is -0.496 e. The molecule has 128 valence electrons. The molecule has 1 amide bonds. The highest BCUT2D eigenvalue weighted by molar-refractivity contribution is 5.78. The van der Waals surface area contributed by atoms with Gasteiger partial charge in [-0.25, -0.2) is 0 Å².